The molecule has 4 heteroatoms. The summed E-state index contributed by atoms with van der Waals surface area (Å²) in [4.78, 5) is 13.5. The Hall–Kier alpha value is -0.610. The second-order valence-corrected chi connectivity index (χ2v) is 4.89. The third kappa shape index (κ3) is 4.10. The van der Waals surface area contributed by atoms with Crippen LogP contribution in [0.2, 0.25) is 0 Å². The van der Waals surface area contributed by atoms with Gasteiger partial charge in [-0.25, -0.2) is 5.84 Å². The first-order valence-electron chi connectivity index (χ1n) is 6.40. The van der Waals surface area contributed by atoms with E-state index in [1.54, 1.807) is 0 Å². The first-order chi connectivity index (χ1) is 7.65. The highest BCUT2D eigenvalue weighted by atomic mass is 16.2. The molecular weight excluding hydrogens is 202 g/mol. The fourth-order valence-electron chi connectivity index (χ4n) is 2.57. The van der Waals surface area contributed by atoms with Gasteiger partial charge in [-0.3, -0.25) is 15.1 Å². The van der Waals surface area contributed by atoms with Crippen LogP contribution in [0.3, 0.4) is 0 Å². The average molecular weight is 227 g/mol. The summed E-state index contributed by atoms with van der Waals surface area (Å²) in [6.45, 7) is 5.73. The number of carbonyl (C=O) groups excluding carboxylic acids is 1. The Morgan fingerprint density at radius 3 is 2.50 bits per heavy atom. The largest absolute Gasteiger partial charge is 0.298 e. The van der Waals surface area contributed by atoms with Crippen LogP contribution in [0.4, 0.5) is 0 Å². The number of unbranched alkanes of at least 4 members (excludes halogenated alkanes) is 1. The van der Waals surface area contributed by atoms with Crippen molar-refractivity contribution >= 4 is 5.91 Å². The minimum absolute atomic E-state index is 0.0558. The van der Waals surface area contributed by atoms with E-state index in [4.69, 9.17) is 5.84 Å². The van der Waals surface area contributed by atoms with Gasteiger partial charge in [-0.2, -0.15) is 0 Å². The second-order valence-electron chi connectivity index (χ2n) is 4.89. The predicted molar refractivity (Wildman–Crippen MR) is 65.7 cm³/mol. The molecule has 1 heterocycles. The molecule has 0 aromatic heterocycles. The van der Waals surface area contributed by atoms with E-state index in [9.17, 15) is 4.79 Å². The van der Waals surface area contributed by atoms with Crippen LogP contribution in [0.15, 0.2) is 0 Å². The Morgan fingerprint density at radius 1 is 1.31 bits per heavy atom. The Labute approximate surface area is 98.5 Å². The molecular formula is C12H25N3O. The van der Waals surface area contributed by atoms with Crippen LogP contribution in [0, 0.1) is 0 Å². The molecule has 1 saturated heterocycles. The Kier molecular flexibility index (Phi) is 5.77. The average Bonchev–Trinajstić information content (AvgIpc) is 2.27. The Morgan fingerprint density at radius 2 is 1.94 bits per heavy atom. The summed E-state index contributed by atoms with van der Waals surface area (Å²) >= 11 is 0. The van der Waals surface area contributed by atoms with E-state index in [2.05, 4.69) is 24.2 Å². The van der Waals surface area contributed by atoms with E-state index in [-0.39, 0.29) is 5.91 Å². The lowest BCUT2D eigenvalue weighted by molar-refractivity contribution is -0.121. The van der Waals surface area contributed by atoms with Crippen molar-refractivity contribution in [2.24, 2.45) is 5.84 Å². The molecule has 0 aliphatic carbocycles. The number of rotatable bonds is 5. The molecule has 0 saturated carbocycles. The molecule has 2 unspecified atom stereocenters. The zero-order chi connectivity index (χ0) is 12.0. The van der Waals surface area contributed by atoms with E-state index >= 15 is 0 Å². The number of likely N-dealkylation sites (tertiary alicyclic amines) is 1. The molecule has 4 nitrogen and oxygen atoms in total. The molecule has 1 aliphatic heterocycles. The minimum atomic E-state index is -0.0558. The fraction of sp³-hybridized carbons (Fsp3) is 0.917. The molecule has 0 bridgehead atoms. The second kappa shape index (κ2) is 6.86. The molecule has 94 valence electrons. The molecule has 0 spiro atoms. The van der Waals surface area contributed by atoms with Crippen molar-refractivity contribution in [2.75, 3.05) is 6.54 Å². The normalized spacial score (nSPS) is 26.7. The monoisotopic (exact) mass is 227 g/mol. The molecule has 3 N–H and O–H groups in total. The lowest BCUT2D eigenvalue weighted by Gasteiger charge is -2.39. The molecule has 2 atom stereocenters. The van der Waals surface area contributed by atoms with Gasteiger partial charge >= 0.3 is 0 Å². The molecule has 1 aliphatic rings. The van der Waals surface area contributed by atoms with Gasteiger partial charge in [0, 0.05) is 18.5 Å². The third-order valence-corrected chi connectivity index (χ3v) is 3.61. The minimum Gasteiger partial charge on any atom is -0.298 e. The third-order valence-electron chi connectivity index (χ3n) is 3.61. The van der Waals surface area contributed by atoms with Crippen LogP contribution < -0.4 is 11.3 Å². The summed E-state index contributed by atoms with van der Waals surface area (Å²) in [5.74, 6) is 4.98. The SMILES string of the molecule is CC1CCCC(C)N1CCCCC(=O)NN. The van der Waals surface area contributed by atoms with E-state index in [1.807, 2.05) is 0 Å². The van der Waals surface area contributed by atoms with Crippen molar-refractivity contribution in [1.82, 2.24) is 10.3 Å². The molecule has 1 rings (SSSR count). The van der Waals surface area contributed by atoms with Gasteiger partial charge < -0.3 is 0 Å². The van der Waals surface area contributed by atoms with Crippen molar-refractivity contribution in [2.45, 2.75) is 64.5 Å². The van der Waals surface area contributed by atoms with Crippen LogP contribution in [0.25, 0.3) is 0 Å². The highest BCUT2D eigenvalue weighted by Crippen LogP contribution is 2.22. The van der Waals surface area contributed by atoms with Gasteiger partial charge in [0.15, 0.2) is 0 Å². The highest BCUT2D eigenvalue weighted by Gasteiger charge is 2.23. The van der Waals surface area contributed by atoms with Crippen molar-refractivity contribution in [3.8, 4) is 0 Å². The van der Waals surface area contributed by atoms with Crippen LogP contribution in [0.1, 0.15) is 52.4 Å². The summed E-state index contributed by atoms with van der Waals surface area (Å²) < 4.78 is 0. The number of hydrogen-bond donors (Lipinski definition) is 2. The van der Waals surface area contributed by atoms with Crippen molar-refractivity contribution < 1.29 is 4.79 Å². The summed E-state index contributed by atoms with van der Waals surface area (Å²) in [7, 11) is 0. The van der Waals surface area contributed by atoms with Crippen LogP contribution in [0.5, 0.6) is 0 Å². The number of piperidine rings is 1. The molecule has 0 radical (unpaired) electrons. The zero-order valence-corrected chi connectivity index (χ0v) is 10.5. The van der Waals surface area contributed by atoms with Crippen LogP contribution in [-0.4, -0.2) is 29.4 Å². The van der Waals surface area contributed by atoms with Gasteiger partial charge in [0.25, 0.3) is 0 Å². The summed E-state index contributed by atoms with van der Waals surface area (Å²) in [5.41, 5.74) is 2.17. The van der Waals surface area contributed by atoms with Crippen molar-refractivity contribution in [1.29, 1.82) is 0 Å². The topological polar surface area (TPSA) is 58.4 Å². The van der Waals surface area contributed by atoms with E-state index in [1.165, 1.54) is 19.3 Å². The maximum atomic E-state index is 10.9. The number of nitrogens with one attached hydrogen (secondary N) is 1. The van der Waals surface area contributed by atoms with Gasteiger partial charge in [0.2, 0.25) is 5.91 Å². The van der Waals surface area contributed by atoms with Gasteiger partial charge in [-0.05, 0) is 46.1 Å². The van der Waals surface area contributed by atoms with Gasteiger partial charge in [-0.15, -0.1) is 0 Å². The summed E-state index contributed by atoms with van der Waals surface area (Å²) in [6.07, 6.45) is 6.55. The smallest absolute Gasteiger partial charge is 0.233 e. The Bertz CT molecular complexity index is 210. The zero-order valence-electron chi connectivity index (χ0n) is 10.5. The first kappa shape index (κ1) is 13.5. The van der Waals surface area contributed by atoms with Crippen LogP contribution >= 0.6 is 0 Å². The highest BCUT2D eigenvalue weighted by molar-refractivity contribution is 5.75. The maximum Gasteiger partial charge on any atom is 0.233 e. The maximum absolute atomic E-state index is 10.9. The van der Waals surface area contributed by atoms with Crippen molar-refractivity contribution in [3.63, 3.8) is 0 Å². The predicted octanol–water partition coefficient (Wildman–Crippen LogP) is 1.41. The Balaban J connectivity index is 2.17. The van der Waals surface area contributed by atoms with Crippen molar-refractivity contribution in [3.05, 3.63) is 0 Å². The number of amides is 1. The standard InChI is InChI=1S/C12H25N3O/c1-10-6-5-7-11(2)15(10)9-4-3-8-12(16)14-13/h10-11H,3-9,13H2,1-2H3,(H,14,16). The van der Waals surface area contributed by atoms with Gasteiger partial charge in [-0.1, -0.05) is 6.42 Å². The number of carbonyl (C=O) groups is 1. The quantitative estimate of drug-likeness (QED) is 0.323. The van der Waals surface area contributed by atoms with Gasteiger partial charge in [0.1, 0.15) is 0 Å². The van der Waals surface area contributed by atoms with Gasteiger partial charge in [0.05, 0.1) is 0 Å². The molecule has 1 amide bonds. The summed E-state index contributed by atoms with van der Waals surface area (Å²) in [6, 6.07) is 1.40. The van der Waals surface area contributed by atoms with E-state index < -0.39 is 0 Å². The van der Waals surface area contributed by atoms with E-state index in [0.717, 1.165) is 19.4 Å². The number of nitrogens with two attached hydrogens (primary N) is 1. The number of hydrazine groups is 1. The number of hydrogen-bond acceptors (Lipinski definition) is 3. The molecule has 0 aromatic carbocycles. The fourth-order valence-corrected chi connectivity index (χ4v) is 2.57. The molecule has 0 aromatic rings. The molecule has 1 fully saturated rings. The lowest BCUT2D eigenvalue weighted by atomic mass is 9.97. The van der Waals surface area contributed by atoms with E-state index in [0.29, 0.717) is 18.5 Å². The lowest BCUT2D eigenvalue weighted by Crippen LogP contribution is -2.44. The first-order valence-corrected chi connectivity index (χ1v) is 6.40. The molecule has 16 heavy (non-hydrogen) atoms. The summed E-state index contributed by atoms with van der Waals surface area (Å²) in [5, 5.41) is 0. The number of nitrogens with zero attached hydrogens (tertiary/aromatic N) is 1. The van der Waals surface area contributed by atoms with Crippen LogP contribution in [-0.2, 0) is 4.79 Å².